The van der Waals surface area contributed by atoms with Gasteiger partial charge in [-0.2, -0.15) is 0 Å². The summed E-state index contributed by atoms with van der Waals surface area (Å²) in [6, 6.07) is 13.6. The van der Waals surface area contributed by atoms with Crippen LogP contribution in [0.1, 0.15) is 41.3 Å². The van der Waals surface area contributed by atoms with Gasteiger partial charge in [0.2, 0.25) is 5.91 Å². The number of amides is 3. The Hall–Kier alpha value is -2.82. The molecular weight excluding hydrogens is 302 g/mol. The van der Waals surface area contributed by atoms with E-state index in [-0.39, 0.29) is 6.04 Å². The molecule has 0 aromatic heterocycles. The van der Waals surface area contributed by atoms with Crippen LogP contribution in [0.15, 0.2) is 48.5 Å². The lowest BCUT2D eigenvalue weighted by molar-refractivity contribution is -0.119. The number of hydrogen-bond acceptors (Lipinski definition) is 2. The SMILES string of the molecule is Cc1cc(C)cc(C(C)NC(=O)NC(C(N)=O)c2ccccc2)c1. The van der Waals surface area contributed by atoms with Gasteiger partial charge < -0.3 is 16.4 Å². The Labute approximate surface area is 142 Å². The first kappa shape index (κ1) is 17.5. The van der Waals surface area contributed by atoms with Crippen LogP contribution in [0.5, 0.6) is 0 Å². The van der Waals surface area contributed by atoms with E-state index < -0.39 is 18.0 Å². The van der Waals surface area contributed by atoms with Gasteiger partial charge in [0, 0.05) is 0 Å². The molecule has 2 aromatic rings. The van der Waals surface area contributed by atoms with Crippen molar-refractivity contribution in [3.05, 3.63) is 70.8 Å². The molecule has 2 atom stereocenters. The minimum atomic E-state index is -0.863. The van der Waals surface area contributed by atoms with Crippen molar-refractivity contribution in [3.8, 4) is 0 Å². The van der Waals surface area contributed by atoms with Crippen LogP contribution < -0.4 is 16.4 Å². The van der Waals surface area contributed by atoms with Crippen LogP contribution in [0.3, 0.4) is 0 Å². The molecule has 2 rings (SSSR count). The zero-order chi connectivity index (χ0) is 17.7. The van der Waals surface area contributed by atoms with E-state index in [1.807, 2.05) is 39.0 Å². The lowest BCUT2D eigenvalue weighted by Gasteiger charge is -2.20. The maximum Gasteiger partial charge on any atom is 0.316 e. The van der Waals surface area contributed by atoms with E-state index in [4.69, 9.17) is 5.73 Å². The van der Waals surface area contributed by atoms with Gasteiger partial charge in [-0.25, -0.2) is 4.79 Å². The van der Waals surface area contributed by atoms with Gasteiger partial charge in [-0.15, -0.1) is 0 Å². The van der Waals surface area contributed by atoms with Crippen LogP contribution in [0, 0.1) is 13.8 Å². The van der Waals surface area contributed by atoms with Gasteiger partial charge in [0.1, 0.15) is 6.04 Å². The van der Waals surface area contributed by atoms with Crippen LogP contribution in [0.4, 0.5) is 4.79 Å². The van der Waals surface area contributed by atoms with Crippen molar-refractivity contribution in [2.45, 2.75) is 32.9 Å². The molecule has 126 valence electrons. The highest BCUT2D eigenvalue weighted by Gasteiger charge is 2.21. The van der Waals surface area contributed by atoms with Crippen molar-refractivity contribution >= 4 is 11.9 Å². The van der Waals surface area contributed by atoms with Crippen LogP contribution in [0.25, 0.3) is 0 Å². The van der Waals surface area contributed by atoms with Crippen molar-refractivity contribution in [2.75, 3.05) is 0 Å². The molecule has 5 heteroatoms. The summed E-state index contributed by atoms with van der Waals surface area (Å²) in [5.41, 5.74) is 9.36. The topological polar surface area (TPSA) is 84.2 Å². The monoisotopic (exact) mass is 325 g/mol. The molecule has 5 nitrogen and oxygen atoms in total. The lowest BCUT2D eigenvalue weighted by Crippen LogP contribution is -2.43. The average molecular weight is 325 g/mol. The summed E-state index contributed by atoms with van der Waals surface area (Å²) in [7, 11) is 0. The number of hydrogen-bond donors (Lipinski definition) is 3. The summed E-state index contributed by atoms with van der Waals surface area (Å²) in [5, 5.41) is 5.49. The smallest absolute Gasteiger partial charge is 0.316 e. The molecule has 0 radical (unpaired) electrons. The molecule has 0 heterocycles. The third-order valence-corrected chi connectivity index (χ3v) is 3.78. The summed E-state index contributed by atoms with van der Waals surface area (Å²) >= 11 is 0. The number of rotatable bonds is 5. The summed E-state index contributed by atoms with van der Waals surface area (Å²) in [6.07, 6.45) is 0. The van der Waals surface area contributed by atoms with E-state index in [1.54, 1.807) is 24.3 Å². The van der Waals surface area contributed by atoms with Crippen molar-refractivity contribution in [1.82, 2.24) is 10.6 Å². The zero-order valence-corrected chi connectivity index (χ0v) is 14.2. The minimum absolute atomic E-state index is 0.187. The van der Waals surface area contributed by atoms with E-state index in [1.165, 1.54) is 0 Å². The minimum Gasteiger partial charge on any atom is -0.368 e. The number of aryl methyl sites for hydroxylation is 2. The van der Waals surface area contributed by atoms with Gasteiger partial charge in [0.05, 0.1) is 6.04 Å². The predicted molar refractivity (Wildman–Crippen MR) is 94.4 cm³/mol. The second-order valence-electron chi connectivity index (χ2n) is 6.01. The number of urea groups is 1. The van der Waals surface area contributed by atoms with Gasteiger partial charge >= 0.3 is 6.03 Å². The Morgan fingerprint density at radius 3 is 2.04 bits per heavy atom. The molecule has 0 aliphatic carbocycles. The molecule has 2 unspecified atom stereocenters. The molecule has 2 aromatic carbocycles. The largest absolute Gasteiger partial charge is 0.368 e. The third kappa shape index (κ3) is 4.59. The number of primary amides is 1. The van der Waals surface area contributed by atoms with Gasteiger partial charge in [-0.3, -0.25) is 4.79 Å². The second-order valence-corrected chi connectivity index (χ2v) is 6.01. The van der Waals surface area contributed by atoms with Gasteiger partial charge in [0.15, 0.2) is 0 Å². The third-order valence-electron chi connectivity index (χ3n) is 3.78. The number of nitrogens with two attached hydrogens (primary N) is 1. The predicted octanol–water partition coefficient (Wildman–Crippen LogP) is 2.89. The van der Waals surface area contributed by atoms with Crippen LogP contribution in [-0.2, 0) is 4.79 Å². The van der Waals surface area contributed by atoms with Crippen LogP contribution in [-0.4, -0.2) is 11.9 Å². The van der Waals surface area contributed by atoms with Gasteiger partial charge in [-0.1, -0.05) is 59.7 Å². The zero-order valence-electron chi connectivity index (χ0n) is 14.2. The maximum atomic E-state index is 12.3. The molecule has 0 bridgehead atoms. The number of carbonyl (C=O) groups excluding carboxylic acids is 2. The van der Waals surface area contributed by atoms with Crippen molar-refractivity contribution < 1.29 is 9.59 Å². The molecule has 0 saturated heterocycles. The van der Waals surface area contributed by atoms with E-state index in [0.29, 0.717) is 5.56 Å². The van der Waals surface area contributed by atoms with E-state index in [0.717, 1.165) is 16.7 Å². The van der Waals surface area contributed by atoms with E-state index in [2.05, 4.69) is 16.7 Å². The first-order chi connectivity index (χ1) is 11.4. The first-order valence-corrected chi connectivity index (χ1v) is 7.86. The van der Waals surface area contributed by atoms with E-state index >= 15 is 0 Å². The summed E-state index contributed by atoms with van der Waals surface area (Å²) in [5.74, 6) is -0.601. The van der Waals surface area contributed by atoms with Crippen molar-refractivity contribution in [1.29, 1.82) is 0 Å². The Morgan fingerprint density at radius 2 is 1.50 bits per heavy atom. The molecular formula is C19H23N3O2. The normalized spacial score (nSPS) is 13.0. The lowest BCUT2D eigenvalue weighted by atomic mass is 10.0. The van der Waals surface area contributed by atoms with Crippen LogP contribution >= 0.6 is 0 Å². The highest BCUT2D eigenvalue weighted by atomic mass is 16.2. The molecule has 24 heavy (non-hydrogen) atoms. The summed E-state index contributed by atoms with van der Waals surface area (Å²) in [4.78, 5) is 23.9. The van der Waals surface area contributed by atoms with Crippen molar-refractivity contribution in [2.24, 2.45) is 5.73 Å². The first-order valence-electron chi connectivity index (χ1n) is 7.86. The van der Waals surface area contributed by atoms with Gasteiger partial charge in [0.25, 0.3) is 0 Å². The van der Waals surface area contributed by atoms with Gasteiger partial charge in [-0.05, 0) is 31.9 Å². The Morgan fingerprint density at radius 1 is 0.917 bits per heavy atom. The molecule has 3 amide bonds. The fraction of sp³-hybridized carbons (Fsp3) is 0.263. The molecule has 0 spiro atoms. The summed E-state index contributed by atoms with van der Waals surface area (Å²) < 4.78 is 0. The number of carbonyl (C=O) groups is 2. The standard InChI is InChI=1S/C19H23N3O2/c1-12-9-13(2)11-16(10-12)14(3)21-19(24)22-17(18(20)23)15-7-5-4-6-8-15/h4-11,14,17H,1-3H3,(H2,20,23)(H2,21,22,24). The Kier molecular flexibility index (Phi) is 5.58. The number of nitrogens with one attached hydrogen (secondary N) is 2. The highest BCUT2D eigenvalue weighted by molar-refractivity contribution is 5.87. The average Bonchev–Trinajstić information content (AvgIpc) is 2.52. The second kappa shape index (κ2) is 7.64. The molecule has 0 aliphatic heterocycles. The van der Waals surface area contributed by atoms with Crippen LogP contribution in [0.2, 0.25) is 0 Å². The number of benzene rings is 2. The Balaban J connectivity index is 2.07. The molecule has 0 fully saturated rings. The quantitative estimate of drug-likeness (QED) is 0.789. The fourth-order valence-electron chi connectivity index (χ4n) is 2.68. The maximum absolute atomic E-state index is 12.3. The molecule has 0 saturated carbocycles. The molecule has 0 aliphatic rings. The molecule has 4 N–H and O–H groups in total. The summed E-state index contributed by atoms with van der Waals surface area (Å²) in [6.45, 7) is 5.93. The fourth-order valence-corrected chi connectivity index (χ4v) is 2.68. The Bertz CT molecular complexity index is 708. The highest BCUT2D eigenvalue weighted by Crippen LogP contribution is 2.17. The van der Waals surface area contributed by atoms with Crippen molar-refractivity contribution in [3.63, 3.8) is 0 Å². The van der Waals surface area contributed by atoms with E-state index in [9.17, 15) is 9.59 Å².